The highest BCUT2D eigenvalue weighted by molar-refractivity contribution is 4.88. The van der Waals surface area contributed by atoms with Gasteiger partial charge in [-0.1, -0.05) is 13.8 Å². The van der Waals surface area contributed by atoms with Crippen molar-refractivity contribution in [3.8, 4) is 0 Å². The van der Waals surface area contributed by atoms with Crippen molar-refractivity contribution in [2.45, 2.75) is 38.5 Å². The Hall–Kier alpha value is -0.160. The normalized spacial score (nSPS) is 22.0. The van der Waals surface area contributed by atoms with Crippen LogP contribution in [0.15, 0.2) is 0 Å². The van der Waals surface area contributed by atoms with Crippen LogP contribution in [0.2, 0.25) is 0 Å². The maximum absolute atomic E-state index is 9.65. The van der Waals surface area contributed by atoms with E-state index < -0.39 is 11.3 Å². The van der Waals surface area contributed by atoms with Crippen LogP contribution < -0.4 is 11.5 Å². The number of aliphatic hydroxyl groups is 2. The Bertz CT molecular complexity index is 144. The van der Waals surface area contributed by atoms with Crippen LogP contribution >= 0.6 is 0 Å². The molecule has 0 bridgehead atoms. The van der Waals surface area contributed by atoms with Gasteiger partial charge in [-0.2, -0.15) is 0 Å². The third-order valence-corrected chi connectivity index (χ3v) is 2.05. The fourth-order valence-corrected chi connectivity index (χ4v) is 0.907. The van der Waals surface area contributed by atoms with Crippen molar-refractivity contribution in [2.75, 3.05) is 6.61 Å². The first kappa shape index (κ1) is 11.8. The summed E-state index contributed by atoms with van der Waals surface area (Å²) in [5.41, 5.74) is 9.12. The predicted molar refractivity (Wildman–Crippen MR) is 48.3 cm³/mol. The van der Waals surface area contributed by atoms with E-state index in [1.54, 1.807) is 6.92 Å². The molecule has 0 fully saturated rings. The molecular weight excluding hydrogens is 156 g/mol. The lowest BCUT2D eigenvalue weighted by Crippen LogP contribution is -2.55. The van der Waals surface area contributed by atoms with Gasteiger partial charge in [-0.3, -0.25) is 0 Å². The molecule has 0 aliphatic carbocycles. The second-order valence-electron chi connectivity index (χ2n) is 4.13. The van der Waals surface area contributed by atoms with Crippen LogP contribution in [-0.4, -0.2) is 28.1 Å². The number of nitrogens with two attached hydrogens (primary N) is 2. The molecule has 0 aromatic carbocycles. The van der Waals surface area contributed by atoms with Crippen molar-refractivity contribution in [3.05, 3.63) is 0 Å². The van der Waals surface area contributed by atoms with Crippen molar-refractivity contribution >= 4 is 0 Å². The molecule has 2 unspecified atom stereocenters. The SMILES string of the molecule is CC(C)C(N)(O)CC(C)(N)CO. The summed E-state index contributed by atoms with van der Waals surface area (Å²) in [7, 11) is 0. The number of hydrogen-bond donors (Lipinski definition) is 4. The standard InChI is InChI=1S/C8H20N2O2/c1-6(2)8(10,12)4-7(3,9)5-11/h6,11-12H,4-5,9-10H2,1-3H3. The quantitative estimate of drug-likeness (QED) is 0.430. The van der Waals surface area contributed by atoms with Gasteiger partial charge in [0, 0.05) is 12.0 Å². The molecule has 0 aliphatic rings. The molecule has 74 valence electrons. The molecule has 0 saturated heterocycles. The van der Waals surface area contributed by atoms with Crippen LogP contribution in [0.4, 0.5) is 0 Å². The Morgan fingerprint density at radius 3 is 2.00 bits per heavy atom. The van der Waals surface area contributed by atoms with Crippen LogP contribution in [-0.2, 0) is 0 Å². The lowest BCUT2D eigenvalue weighted by Gasteiger charge is -2.34. The molecule has 0 spiro atoms. The van der Waals surface area contributed by atoms with Crippen molar-refractivity contribution < 1.29 is 10.2 Å². The Morgan fingerprint density at radius 1 is 1.33 bits per heavy atom. The average Bonchev–Trinajstić information content (AvgIpc) is 1.85. The predicted octanol–water partition coefficient (Wildman–Crippen LogP) is -0.610. The molecule has 4 heteroatoms. The minimum Gasteiger partial charge on any atom is -0.394 e. The molecule has 2 atom stereocenters. The minimum atomic E-state index is -1.30. The highest BCUT2D eigenvalue weighted by Crippen LogP contribution is 2.20. The molecule has 0 radical (unpaired) electrons. The Labute approximate surface area is 73.6 Å². The van der Waals surface area contributed by atoms with Crippen molar-refractivity contribution in [1.82, 2.24) is 0 Å². The molecule has 0 aromatic heterocycles. The van der Waals surface area contributed by atoms with E-state index in [0.717, 1.165) is 0 Å². The molecule has 12 heavy (non-hydrogen) atoms. The van der Waals surface area contributed by atoms with E-state index in [2.05, 4.69) is 0 Å². The van der Waals surface area contributed by atoms with Crippen molar-refractivity contribution in [2.24, 2.45) is 17.4 Å². The average molecular weight is 176 g/mol. The number of aliphatic hydroxyl groups excluding tert-OH is 1. The third kappa shape index (κ3) is 3.49. The van der Waals surface area contributed by atoms with Gasteiger partial charge in [0.25, 0.3) is 0 Å². The van der Waals surface area contributed by atoms with Gasteiger partial charge < -0.3 is 21.7 Å². The van der Waals surface area contributed by atoms with Crippen LogP contribution in [0.1, 0.15) is 27.2 Å². The van der Waals surface area contributed by atoms with E-state index in [-0.39, 0.29) is 18.9 Å². The van der Waals surface area contributed by atoms with Gasteiger partial charge in [0.1, 0.15) is 5.72 Å². The minimum absolute atomic E-state index is 0.0769. The summed E-state index contributed by atoms with van der Waals surface area (Å²) in [6, 6.07) is 0. The molecule has 6 N–H and O–H groups in total. The highest BCUT2D eigenvalue weighted by atomic mass is 16.3. The Balaban J connectivity index is 4.23. The first-order valence-electron chi connectivity index (χ1n) is 4.12. The van der Waals surface area contributed by atoms with Gasteiger partial charge in [0.2, 0.25) is 0 Å². The second-order valence-corrected chi connectivity index (χ2v) is 4.13. The topological polar surface area (TPSA) is 92.5 Å². The molecular formula is C8H20N2O2. The van der Waals surface area contributed by atoms with Gasteiger partial charge in [0.15, 0.2) is 0 Å². The van der Waals surface area contributed by atoms with Gasteiger partial charge >= 0.3 is 0 Å². The summed E-state index contributed by atoms with van der Waals surface area (Å²) in [5.74, 6) is -0.0769. The van der Waals surface area contributed by atoms with Gasteiger partial charge in [-0.25, -0.2) is 0 Å². The first-order valence-corrected chi connectivity index (χ1v) is 4.12. The summed E-state index contributed by atoms with van der Waals surface area (Å²) in [4.78, 5) is 0. The smallest absolute Gasteiger partial charge is 0.117 e. The number of hydrogen-bond acceptors (Lipinski definition) is 4. The molecule has 4 nitrogen and oxygen atoms in total. The molecule has 0 amide bonds. The summed E-state index contributed by atoms with van der Waals surface area (Å²) in [6.07, 6.45) is 0.189. The summed E-state index contributed by atoms with van der Waals surface area (Å²) >= 11 is 0. The summed E-state index contributed by atoms with van der Waals surface area (Å²) < 4.78 is 0. The third-order valence-electron chi connectivity index (χ3n) is 2.05. The van der Waals surface area contributed by atoms with Crippen LogP contribution in [0.3, 0.4) is 0 Å². The second kappa shape index (κ2) is 3.70. The first-order chi connectivity index (χ1) is 5.21. The van der Waals surface area contributed by atoms with E-state index in [9.17, 15) is 5.11 Å². The fourth-order valence-electron chi connectivity index (χ4n) is 0.907. The van der Waals surface area contributed by atoms with Gasteiger partial charge in [-0.05, 0) is 12.8 Å². The Kier molecular flexibility index (Phi) is 3.65. The fraction of sp³-hybridized carbons (Fsp3) is 1.00. The largest absolute Gasteiger partial charge is 0.394 e. The molecule has 0 aromatic rings. The van der Waals surface area contributed by atoms with Crippen LogP contribution in [0.25, 0.3) is 0 Å². The van der Waals surface area contributed by atoms with Crippen LogP contribution in [0.5, 0.6) is 0 Å². The van der Waals surface area contributed by atoms with Crippen molar-refractivity contribution in [3.63, 3.8) is 0 Å². The lowest BCUT2D eigenvalue weighted by molar-refractivity contribution is -0.0312. The van der Waals surface area contributed by atoms with E-state index in [1.807, 2.05) is 13.8 Å². The van der Waals surface area contributed by atoms with Gasteiger partial charge in [-0.15, -0.1) is 0 Å². The van der Waals surface area contributed by atoms with E-state index in [0.29, 0.717) is 0 Å². The molecule has 0 heterocycles. The lowest BCUT2D eigenvalue weighted by atomic mass is 9.86. The van der Waals surface area contributed by atoms with E-state index in [4.69, 9.17) is 16.6 Å². The highest BCUT2D eigenvalue weighted by Gasteiger charge is 2.33. The number of rotatable bonds is 4. The Morgan fingerprint density at radius 2 is 1.75 bits per heavy atom. The molecule has 0 saturated carbocycles. The monoisotopic (exact) mass is 176 g/mol. The zero-order valence-corrected chi connectivity index (χ0v) is 8.04. The maximum atomic E-state index is 9.65. The van der Waals surface area contributed by atoms with E-state index in [1.165, 1.54) is 0 Å². The zero-order chi connectivity index (χ0) is 9.99. The van der Waals surface area contributed by atoms with Gasteiger partial charge in [0.05, 0.1) is 6.61 Å². The van der Waals surface area contributed by atoms with E-state index >= 15 is 0 Å². The van der Waals surface area contributed by atoms with Crippen molar-refractivity contribution in [1.29, 1.82) is 0 Å². The zero-order valence-electron chi connectivity index (χ0n) is 8.04. The summed E-state index contributed by atoms with van der Waals surface area (Å²) in [6.45, 7) is 5.10. The molecule has 0 aliphatic heterocycles. The van der Waals surface area contributed by atoms with Crippen LogP contribution in [0, 0.1) is 5.92 Å². The maximum Gasteiger partial charge on any atom is 0.117 e. The molecule has 0 rings (SSSR count). The summed E-state index contributed by atoms with van der Waals surface area (Å²) in [5, 5.41) is 18.5.